The molecule has 2 fully saturated rings. The summed E-state index contributed by atoms with van der Waals surface area (Å²) in [4.78, 5) is 21.8. The maximum atomic E-state index is 5.94. The summed E-state index contributed by atoms with van der Waals surface area (Å²) in [6.45, 7) is 5.21. The van der Waals surface area contributed by atoms with Crippen molar-refractivity contribution in [1.82, 2.24) is 24.8 Å². The van der Waals surface area contributed by atoms with E-state index in [1.807, 2.05) is 18.3 Å². The van der Waals surface area contributed by atoms with Crippen molar-refractivity contribution in [2.45, 2.75) is 12.6 Å². The molecule has 2 aromatic heterocycles. The molecule has 134 valence electrons. The van der Waals surface area contributed by atoms with E-state index in [4.69, 9.17) is 9.72 Å². The van der Waals surface area contributed by atoms with E-state index in [1.165, 1.54) is 0 Å². The number of anilines is 1. The predicted molar refractivity (Wildman–Crippen MR) is 98.8 cm³/mol. The first-order valence-corrected chi connectivity index (χ1v) is 9.11. The third kappa shape index (κ3) is 3.04. The Morgan fingerprint density at radius 3 is 2.96 bits per heavy atom. The van der Waals surface area contributed by atoms with Gasteiger partial charge in [-0.15, -0.1) is 0 Å². The Morgan fingerprint density at radius 2 is 2.08 bits per heavy atom. The highest BCUT2D eigenvalue weighted by Gasteiger charge is 2.34. The Labute approximate surface area is 152 Å². The smallest absolute Gasteiger partial charge is 0.147 e. The zero-order valence-electron chi connectivity index (χ0n) is 14.6. The quantitative estimate of drug-likeness (QED) is 0.775. The van der Waals surface area contributed by atoms with Crippen LogP contribution in [0.5, 0.6) is 0 Å². The van der Waals surface area contributed by atoms with Gasteiger partial charge >= 0.3 is 0 Å². The molecule has 0 unspecified atom stereocenters. The summed E-state index contributed by atoms with van der Waals surface area (Å²) in [7, 11) is 0. The lowest BCUT2D eigenvalue weighted by molar-refractivity contribution is 0.0867. The van der Waals surface area contributed by atoms with Gasteiger partial charge in [-0.2, -0.15) is 0 Å². The highest BCUT2D eigenvalue weighted by molar-refractivity contribution is 5.74. The standard InChI is InChI=1S/C19H22N6O/c1-2-4-17-16(3-1)22-18(23-17)11-24-8-14-9-25(10-15(24)13-26-12-14)19-7-20-5-6-21-19/h1-7,14-15H,8-13H2,(H,22,23)/t14-,15+/m1/s1. The number of ether oxygens (including phenoxy) is 1. The molecule has 0 saturated carbocycles. The number of imidazole rings is 1. The van der Waals surface area contributed by atoms with E-state index in [1.54, 1.807) is 12.4 Å². The van der Waals surface area contributed by atoms with Crippen molar-refractivity contribution in [3.8, 4) is 0 Å². The third-order valence-corrected chi connectivity index (χ3v) is 5.25. The van der Waals surface area contributed by atoms with Crippen LogP contribution in [0.3, 0.4) is 0 Å². The van der Waals surface area contributed by atoms with Crippen molar-refractivity contribution in [1.29, 1.82) is 0 Å². The van der Waals surface area contributed by atoms with Gasteiger partial charge in [-0.1, -0.05) is 12.1 Å². The van der Waals surface area contributed by atoms with Crippen LogP contribution in [0, 0.1) is 5.92 Å². The second-order valence-electron chi connectivity index (χ2n) is 7.16. The van der Waals surface area contributed by atoms with Gasteiger partial charge in [0, 0.05) is 37.9 Å². The molecule has 0 spiro atoms. The van der Waals surface area contributed by atoms with E-state index >= 15 is 0 Å². The summed E-state index contributed by atoms with van der Waals surface area (Å²) in [5.41, 5.74) is 2.12. The van der Waals surface area contributed by atoms with Crippen LogP contribution in [0.1, 0.15) is 5.82 Å². The Hall–Kier alpha value is -2.51. The third-order valence-electron chi connectivity index (χ3n) is 5.25. The number of para-hydroxylation sites is 2. The molecule has 4 heterocycles. The van der Waals surface area contributed by atoms with Crippen LogP contribution in [0.25, 0.3) is 11.0 Å². The summed E-state index contributed by atoms with van der Waals surface area (Å²) in [5.74, 6) is 2.42. The number of benzene rings is 1. The van der Waals surface area contributed by atoms with E-state index in [2.05, 4.69) is 36.9 Å². The second-order valence-corrected chi connectivity index (χ2v) is 7.16. The van der Waals surface area contributed by atoms with Crippen molar-refractivity contribution in [3.05, 3.63) is 48.7 Å². The number of H-pyrrole nitrogens is 1. The van der Waals surface area contributed by atoms with E-state index in [-0.39, 0.29) is 0 Å². The largest absolute Gasteiger partial charge is 0.379 e. The van der Waals surface area contributed by atoms with Crippen LogP contribution in [-0.4, -0.2) is 63.7 Å². The van der Waals surface area contributed by atoms with Gasteiger partial charge in [0.05, 0.1) is 43.0 Å². The topological polar surface area (TPSA) is 70.2 Å². The number of hydrogen-bond acceptors (Lipinski definition) is 6. The molecule has 7 nitrogen and oxygen atoms in total. The normalized spacial score (nSPS) is 23.9. The van der Waals surface area contributed by atoms with Crippen LogP contribution in [0.4, 0.5) is 5.82 Å². The summed E-state index contributed by atoms with van der Waals surface area (Å²) in [5, 5.41) is 0. The average molecular weight is 350 g/mol. The number of nitrogens with one attached hydrogen (secondary N) is 1. The molecule has 2 aliphatic heterocycles. The second kappa shape index (κ2) is 6.66. The van der Waals surface area contributed by atoms with E-state index < -0.39 is 0 Å². The summed E-state index contributed by atoms with van der Waals surface area (Å²) < 4.78 is 5.94. The SMILES string of the molecule is c1ccc2[nH]c(CN3C[C@H]4COC[C@@H]3CN(c3cnccn3)C4)nc2c1. The zero-order valence-corrected chi connectivity index (χ0v) is 14.6. The highest BCUT2D eigenvalue weighted by Crippen LogP contribution is 2.24. The van der Waals surface area contributed by atoms with E-state index in [0.717, 1.165) is 62.1 Å². The highest BCUT2D eigenvalue weighted by atomic mass is 16.5. The van der Waals surface area contributed by atoms with Gasteiger partial charge in [-0.25, -0.2) is 9.97 Å². The van der Waals surface area contributed by atoms with Crippen LogP contribution in [0.15, 0.2) is 42.9 Å². The molecule has 2 saturated heterocycles. The molecule has 0 amide bonds. The van der Waals surface area contributed by atoms with Crippen molar-refractivity contribution >= 4 is 16.9 Å². The maximum Gasteiger partial charge on any atom is 0.147 e. The zero-order chi connectivity index (χ0) is 17.3. The van der Waals surface area contributed by atoms with Crippen molar-refractivity contribution in [2.75, 3.05) is 37.7 Å². The summed E-state index contributed by atoms with van der Waals surface area (Å²) in [6.07, 6.45) is 5.34. The number of rotatable bonds is 3. The Bertz CT molecular complexity index is 849. The summed E-state index contributed by atoms with van der Waals surface area (Å²) >= 11 is 0. The monoisotopic (exact) mass is 350 g/mol. The van der Waals surface area contributed by atoms with Crippen LogP contribution < -0.4 is 4.90 Å². The predicted octanol–water partition coefficient (Wildman–Crippen LogP) is 1.69. The lowest BCUT2D eigenvalue weighted by Gasteiger charge is -2.31. The van der Waals surface area contributed by atoms with Crippen molar-refractivity contribution in [2.24, 2.45) is 5.92 Å². The van der Waals surface area contributed by atoms with Crippen LogP contribution >= 0.6 is 0 Å². The number of aromatic nitrogens is 4. The van der Waals surface area contributed by atoms with Crippen molar-refractivity contribution in [3.63, 3.8) is 0 Å². The van der Waals surface area contributed by atoms with E-state index in [0.29, 0.717) is 12.0 Å². The molecular formula is C19H22N6O. The van der Waals surface area contributed by atoms with Gasteiger partial charge in [-0.3, -0.25) is 9.88 Å². The molecule has 2 bridgehead atoms. The molecule has 0 radical (unpaired) electrons. The first kappa shape index (κ1) is 15.7. The van der Waals surface area contributed by atoms with Crippen LogP contribution in [0.2, 0.25) is 0 Å². The van der Waals surface area contributed by atoms with Gasteiger partial charge in [0.15, 0.2) is 0 Å². The maximum absolute atomic E-state index is 5.94. The lowest BCUT2D eigenvalue weighted by Crippen LogP contribution is -2.44. The number of fused-ring (bicyclic) bond motifs is 4. The molecule has 5 rings (SSSR count). The summed E-state index contributed by atoms with van der Waals surface area (Å²) in [6, 6.07) is 8.51. The Morgan fingerprint density at radius 1 is 1.12 bits per heavy atom. The average Bonchev–Trinajstić information content (AvgIpc) is 2.86. The van der Waals surface area contributed by atoms with Gasteiger partial charge in [-0.05, 0) is 12.1 Å². The van der Waals surface area contributed by atoms with Crippen molar-refractivity contribution < 1.29 is 4.74 Å². The Balaban J connectivity index is 1.39. The fraction of sp³-hybridized carbons (Fsp3) is 0.421. The molecular weight excluding hydrogens is 328 g/mol. The first-order chi connectivity index (χ1) is 12.8. The molecule has 7 heteroatoms. The molecule has 1 N–H and O–H groups in total. The van der Waals surface area contributed by atoms with Gasteiger partial charge in [0.2, 0.25) is 0 Å². The fourth-order valence-electron chi connectivity index (χ4n) is 4.04. The molecule has 0 aliphatic carbocycles. The van der Waals surface area contributed by atoms with Gasteiger partial charge in [0.25, 0.3) is 0 Å². The lowest BCUT2D eigenvalue weighted by atomic mass is 10.1. The fourth-order valence-corrected chi connectivity index (χ4v) is 4.04. The molecule has 26 heavy (non-hydrogen) atoms. The first-order valence-electron chi connectivity index (χ1n) is 9.11. The molecule has 1 aromatic carbocycles. The van der Waals surface area contributed by atoms with Crippen LogP contribution in [-0.2, 0) is 11.3 Å². The van der Waals surface area contributed by atoms with Gasteiger partial charge in [0.1, 0.15) is 11.6 Å². The number of hydrogen-bond donors (Lipinski definition) is 1. The van der Waals surface area contributed by atoms with E-state index in [9.17, 15) is 0 Å². The molecule has 2 atom stereocenters. The number of aromatic amines is 1. The Kier molecular flexibility index (Phi) is 4.03. The minimum absolute atomic E-state index is 0.317. The minimum Gasteiger partial charge on any atom is -0.379 e. The number of nitrogens with zero attached hydrogens (tertiary/aromatic N) is 5. The molecule has 3 aromatic rings. The molecule has 2 aliphatic rings. The van der Waals surface area contributed by atoms with Gasteiger partial charge < -0.3 is 14.6 Å². The minimum atomic E-state index is 0.317.